The standard InChI is InChI=1S/C19H21N5O3/c1-11(2)23-16-7-5-4-6-15(16)22-18(23)12(3)21-19(25)13-8-9-14(20)17(10-13)24(26)27/h4-12H,20H2,1-3H3,(H,21,25). The minimum atomic E-state index is -0.603. The number of carbonyl (C=O) groups is 1. The zero-order chi connectivity index (χ0) is 19.7. The van der Waals surface area contributed by atoms with E-state index in [0.29, 0.717) is 0 Å². The van der Waals surface area contributed by atoms with Gasteiger partial charge in [0.25, 0.3) is 11.6 Å². The number of amides is 1. The third-order valence-electron chi connectivity index (χ3n) is 4.36. The van der Waals surface area contributed by atoms with Crippen LogP contribution in [0.1, 0.15) is 49.0 Å². The lowest BCUT2D eigenvalue weighted by molar-refractivity contribution is -0.383. The van der Waals surface area contributed by atoms with Gasteiger partial charge in [0.1, 0.15) is 11.5 Å². The number of anilines is 1. The summed E-state index contributed by atoms with van der Waals surface area (Å²) < 4.78 is 2.08. The van der Waals surface area contributed by atoms with Gasteiger partial charge in [0, 0.05) is 17.7 Å². The van der Waals surface area contributed by atoms with Crippen molar-refractivity contribution in [1.82, 2.24) is 14.9 Å². The summed E-state index contributed by atoms with van der Waals surface area (Å²) in [4.78, 5) is 27.7. The average molecular weight is 367 g/mol. The highest BCUT2D eigenvalue weighted by atomic mass is 16.6. The monoisotopic (exact) mass is 367 g/mol. The zero-order valence-corrected chi connectivity index (χ0v) is 15.3. The highest BCUT2D eigenvalue weighted by Crippen LogP contribution is 2.26. The van der Waals surface area contributed by atoms with Crippen molar-refractivity contribution in [2.24, 2.45) is 0 Å². The van der Waals surface area contributed by atoms with Crippen LogP contribution in [0.5, 0.6) is 0 Å². The summed E-state index contributed by atoms with van der Waals surface area (Å²) in [6.07, 6.45) is 0. The first kappa shape index (κ1) is 18.4. The fourth-order valence-electron chi connectivity index (χ4n) is 3.10. The van der Waals surface area contributed by atoms with Crippen molar-refractivity contribution in [1.29, 1.82) is 0 Å². The number of nitrogens with two attached hydrogens (primary N) is 1. The quantitative estimate of drug-likeness (QED) is 0.406. The van der Waals surface area contributed by atoms with Crippen LogP contribution in [0.25, 0.3) is 11.0 Å². The molecule has 0 bridgehead atoms. The van der Waals surface area contributed by atoms with E-state index in [0.717, 1.165) is 16.9 Å². The van der Waals surface area contributed by atoms with Crippen molar-refractivity contribution in [3.63, 3.8) is 0 Å². The number of nitrogens with zero attached hydrogens (tertiary/aromatic N) is 3. The number of nitro groups is 1. The van der Waals surface area contributed by atoms with Gasteiger partial charge in [0.15, 0.2) is 0 Å². The van der Waals surface area contributed by atoms with E-state index in [2.05, 4.69) is 28.7 Å². The Morgan fingerprint density at radius 3 is 2.59 bits per heavy atom. The van der Waals surface area contributed by atoms with Gasteiger partial charge in [-0.2, -0.15) is 0 Å². The number of nitro benzene ring substituents is 1. The molecule has 2 aromatic carbocycles. The van der Waals surface area contributed by atoms with E-state index < -0.39 is 10.8 Å². The molecule has 1 atom stereocenters. The van der Waals surface area contributed by atoms with Gasteiger partial charge in [-0.3, -0.25) is 14.9 Å². The van der Waals surface area contributed by atoms with Gasteiger partial charge in [-0.15, -0.1) is 0 Å². The van der Waals surface area contributed by atoms with Crippen LogP contribution in [0.3, 0.4) is 0 Å². The van der Waals surface area contributed by atoms with Gasteiger partial charge in [-0.25, -0.2) is 4.98 Å². The topological polar surface area (TPSA) is 116 Å². The van der Waals surface area contributed by atoms with Crippen molar-refractivity contribution in [3.05, 3.63) is 64.0 Å². The van der Waals surface area contributed by atoms with Gasteiger partial charge >= 0.3 is 0 Å². The molecule has 0 saturated carbocycles. The molecular formula is C19H21N5O3. The molecule has 3 aromatic rings. The van der Waals surface area contributed by atoms with Crippen LogP contribution in [-0.4, -0.2) is 20.4 Å². The van der Waals surface area contributed by atoms with Crippen molar-refractivity contribution >= 4 is 28.3 Å². The third-order valence-corrected chi connectivity index (χ3v) is 4.36. The predicted octanol–water partition coefficient (Wildman–Crippen LogP) is 3.60. The number of hydrogen-bond donors (Lipinski definition) is 2. The maximum atomic E-state index is 12.6. The molecule has 0 saturated heterocycles. The van der Waals surface area contributed by atoms with E-state index in [4.69, 9.17) is 5.73 Å². The first-order valence-corrected chi connectivity index (χ1v) is 8.61. The molecule has 8 nitrogen and oxygen atoms in total. The number of carbonyl (C=O) groups excluding carboxylic acids is 1. The average Bonchev–Trinajstić information content (AvgIpc) is 3.01. The van der Waals surface area contributed by atoms with E-state index in [-0.39, 0.29) is 29.0 Å². The molecule has 0 radical (unpaired) electrons. The second kappa shape index (κ2) is 7.06. The summed E-state index contributed by atoms with van der Waals surface area (Å²) in [5.41, 5.74) is 7.35. The molecule has 1 heterocycles. The molecule has 0 spiro atoms. The predicted molar refractivity (Wildman–Crippen MR) is 104 cm³/mol. The van der Waals surface area contributed by atoms with Crippen LogP contribution in [0, 0.1) is 10.1 Å². The number of aromatic nitrogens is 2. The van der Waals surface area contributed by atoms with Gasteiger partial charge in [-0.05, 0) is 45.0 Å². The summed E-state index contributed by atoms with van der Waals surface area (Å²) in [7, 11) is 0. The SMILES string of the molecule is CC(NC(=O)c1ccc(N)c([N+](=O)[O-])c1)c1nc2ccccc2n1C(C)C. The Hall–Kier alpha value is -3.42. The van der Waals surface area contributed by atoms with E-state index >= 15 is 0 Å². The highest BCUT2D eigenvalue weighted by molar-refractivity contribution is 5.95. The van der Waals surface area contributed by atoms with E-state index in [1.807, 2.05) is 31.2 Å². The van der Waals surface area contributed by atoms with Crippen LogP contribution in [0.15, 0.2) is 42.5 Å². The van der Waals surface area contributed by atoms with Crippen LogP contribution < -0.4 is 11.1 Å². The van der Waals surface area contributed by atoms with Gasteiger partial charge in [0.05, 0.1) is 22.0 Å². The Bertz CT molecular complexity index is 1030. The van der Waals surface area contributed by atoms with Crippen LogP contribution in [0.2, 0.25) is 0 Å². The van der Waals surface area contributed by atoms with Crippen molar-refractivity contribution in [2.45, 2.75) is 32.9 Å². The fraction of sp³-hybridized carbons (Fsp3) is 0.263. The lowest BCUT2D eigenvalue weighted by Gasteiger charge is -2.19. The molecule has 8 heteroatoms. The molecule has 0 aliphatic heterocycles. The molecule has 140 valence electrons. The van der Waals surface area contributed by atoms with Gasteiger partial charge in [0.2, 0.25) is 0 Å². The van der Waals surface area contributed by atoms with Crippen molar-refractivity contribution in [2.75, 3.05) is 5.73 Å². The minimum Gasteiger partial charge on any atom is -0.393 e. The number of imidazole rings is 1. The largest absolute Gasteiger partial charge is 0.393 e. The number of fused-ring (bicyclic) bond motifs is 1. The van der Waals surface area contributed by atoms with Gasteiger partial charge in [-0.1, -0.05) is 12.1 Å². The number of rotatable bonds is 5. The van der Waals surface area contributed by atoms with Crippen LogP contribution >= 0.6 is 0 Å². The normalized spacial score (nSPS) is 12.3. The van der Waals surface area contributed by atoms with Crippen molar-refractivity contribution in [3.8, 4) is 0 Å². The Labute approximate surface area is 156 Å². The summed E-state index contributed by atoms with van der Waals surface area (Å²) in [5, 5.41) is 13.9. The Kier molecular flexibility index (Phi) is 4.81. The lowest BCUT2D eigenvalue weighted by Crippen LogP contribution is -2.29. The van der Waals surface area contributed by atoms with Crippen LogP contribution in [-0.2, 0) is 0 Å². The smallest absolute Gasteiger partial charge is 0.292 e. The van der Waals surface area contributed by atoms with E-state index in [9.17, 15) is 14.9 Å². The maximum Gasteiger partial charge on any atom is 0.292 e. The molecule has 1 amide bonds. The highest BCUT2D eigenvalue weighted by Gasteiger charge is 2.22. The number of nitrogen functional groups attached to an aromatic ring is 1. The molecule has 0 aliphatic carbocycles. The van der Waals surface area contributed by atoms with E-state index in [1.165, 1.54) is 18.2 Å². The first-order valence-electron chi connectivity index (χ1n) is 8.61. The molecule has 1 aromatic heterocycles. The number of para-hydroxylation sites is 2. The zero-order valence-electron chi connectivity index (χ0n) is 15.3. The lowest BCUT2D eigenvalue weighted by atomic mass is 10.1. The minimum absolute atomic E-state index is 0.0196. The molecule has 27 heavy (non-hydrogen) atoms. The Balaban J connectivity index is 1.92. The third kappa shape index (κ3) is 3.46. The molecule has 3 rings (SSSR count). The summed E-state index contributed by atoms with van der Waals surface area (Å²) in [6, 6.07) is 11.6. The maximum absolute atomic E-state index is 12.6. The van der Waals surface area contributed by atoms with E-state index in [1.54, 1.807) is 0 Å². The summed E-state index contributed by atoms with van der Waals surface area (Å²) in [6.45, 7) is 5.94. The molecule has 0 fully saturated rings. The number of hydrogen-bond acceptors (Lipinski definition) is 5. The summed E-state index contributed by atoms with van der Waals surface area (Å²) in [5.74, 6) is 0.303. The van der Waals surface area contributed by atoms with Crippen LogP contribution in [0.4, 0.5) is 11.4 Å². The Morgan fingerprint density at radius 1 is 1.22 bits per heavy atom. The molecule has 0 aliphatic rings. The fourth-order valence-corrected chi connectivity index (χ4v) is 3.10. The molecule has 1 unspecified atom stereocenters. The summed E-state index contributed by atoms with van der Waals surface area (Å²) >= 11 is 0. The van der Waals surface area contributed by atoms with Crippen molar-refractivity contribution < 1.29 is 9.72 Å². The Morgan fingerprint density at radius 2 is 1.93 bits per heavy atom. The molecule has 3 N–H and O–H groups in total. The second-order valence-electron chi connectivity index (χ2n) is 6.65. The van der Waals surface area contributed by atoms with Gasteiger partial charge < -0.3 is 15.6 Å². The second-order valence-corrected chi connectivity index (χ2v) is 6.65. The number of benzene rings is 2. The molecular weight excluding hydrogens is 346 g/mol. The number of nitrogens with one attached hydrogen (secondary N) is 1. The first-order chi connectivity index (χ1) is 12.8.